The molecule has 16 heavy (non-hydrogen) atoms. The van der Waals surface area contributed by atoms with Crippen LogP contribution in [0.3, 0.4) is 0 Å². The average molecular weight is 255 g/mol. The number of benzene rings is 1. The van der Waals surface area contributed by atoms with Crippen LogP contribution in [-0.2, 0) is 0 Å². The molecule has 1 saturated carbocycles. The lowest BCUT2D eigenvalue weighted by Gasteiger charge is -2.24. The molecule has 1 aromatic carbocycles. The Balaban J connectivity index is 2.21. The van der Waals surface area contributed by atoms with Gasteiger partial charge in [-0.2, -0.15) is 0 Å². The molecule has 2 atom stereocenters. The van der Waals surface area contributed by atoms with Crippen LogP contribution in [0.15, 0.2) is 12.1 Å². The minimum atomic E-state index is 0.140. The molecule has 0 N–H and O–H groups in total. The standard InChI is InChI=1S/C13H12Cl2O/c14-9-5-6-10(15)12-11(9)7-3-1-2-4-8(7)13(12)16/h5-8H,1-4H2/t7-,8+/m0/s1. The average Bonchev–Trinajstić information content (AvgIpc) is 2.60. The van der Waals surface area contributed by atoms with Gasteiger partial charge in [0.1, 0.15) is 0 Å². The van der Waals surface area contributed by atoms with Crippen molar-refractivity contribution in [3.8, 4) is 0 Å². The molecule has 0 radical (unpaired) electrons. The Hall–Kier alpha value is -0.530. The van der Waals surface area contributed by atoms with Crippen molar-refractivity contribution < 1.29 is 4.79 Å². The van der Waals surface area contributed by atoms with Gasteiger partial charge in [0.15, 0.2) is 5.78 Å². The van der Waals surface area contributed by atoms with Gasteiger partial charge in [-0.15, -0.1) is 0 Å². The van der Waals surface area contributed by atoms with Crippen molar-refractivity contribution in [2.45, 2.75) is 31.6 Å². The third-order valence-electron chi connectivity index (χ3n) is 3.86. The van der Waals surface area contributed by atoms with Crippen LogP contribution in [0.2, 0.25) is 10.0 Å². The van der Waals surface area contributed by atoms with E-state index in [0.29, 0.717) is 21.5 Å². The molecule has 0 saturated heterocycles. The van der Waals surface area contributed by atoms with Crippen molar-refractivity contribution in [1.29, 1.82) is 0 Å². The highest BCUT2D eigenvalue weighted by atomic mass is 35.5. The summed E-state index contributed by atoms with van der Waals surface area (Å²) in [7, 11) is 0. The molecule has 1 fully saturated rings. The van der Waals surface area contributed by atoms with E-state index in [1.807, 2.05) is 6.07 Å². The molecular weight excluding hydrogens is 243 g/mol. The van der Waals surface area contributed by atoms with Gasteiger partial charge in [0, 0.05) is 16.5 Å². The number of carbonyl (C=O) groups excluding carboxylic acids is 1. The summed E-state index contributed by atoms with van der Waals surface area (Å²) in [4.78, 5) is 12.3. The maximum Gasteiger partial charge on any atom is 0.168 e. The van der Waals surface area contributed by atoms with Crippen LogP contribution in [0, 0.1) is 5.92 Å². The summed E-state index contributed by atoms with van der Waals surface area (Å²) in [5.74, 6) is 0.677. The Labute approximate surface area is 105 Å². The highest BCUT2D eigenvalue weighted by molar-refractivity contribution is 6.37. The van der Waals surface area contributed by atoms with Gasteiger partial charge in [0.2, 0.25) is 0 Å². The van der Waals surface area contributed by atoms with Gasteiger partial charge in [-0.25, -0.2) is 0 Å². The fraction of sp³-hybridized carbons (Fsp3) is 0.462. The Kier molecular flexibility index (Phi) is 2.49. The van der Waals surface area contributed by atoms with E-state index in [9.17, 15) is 4.79 Å². The summed E-state index contributed by atoms with van der Waals surface area (Å²) in [6.07, 6.45) is 4.40. The highest BCUT2D eigenvalue weighted by Crippen LogP contribution is 2.50. The Morgan fingerprint density at radius 2 is 1.62 bits per heavy atom. The van der Waals surface area contributed by atoms with Crippen LogP contribution in [0.1, 0.15) is 47.5 Å². The van der Waals surface area contributed by atoms with Crippen molar-refractivity contribution in [3.05, 3.63) is 33.3 Å². The van der Waals surface area contributed by atoms with E-state index in [0.717, 1.165) is 24.8 Å². The van der Waals surface area contributed by atoms with Crippen LogP contribution in [0.4, 0.5) is 0 Å². The molecule has 0 amide bonds. The summed E-state index contributed by atoms with van der Waals surface area (Å²) in [6.45, 7) is 0. The number of carbonyl (C=O) groups is 1. The van der Waals surface area contributed by atoms with Crippen molar-refractivity contribution in [1.82, 2.24) is 0 Å². The maximum absolute atomic E-state index is 12.3. The maximum atomic E-state index is 12.3. The SMILES string of the molecule is O=C1c2c(Cl)ccc(Cl)c2[C@H]2CCCC[C@@H]12. The minimum absolute atomic E-state index is 0.140. The molecular formula is C13H12Cl2O. The van der Waals surface area contributed by atoms with Crippen LogP contribution in [0.5, 0.6) is 0 Å². The normalized spacial score (nSPS) is 27.8. The molecule has 0 aliphatic heterocycles. The number of fused-ring (bicyclic) bond motifs is 3. The molecule has 0 spiro atoms. The predicted molar refractivity (Wildman–Crippen MR) is 65.5 cm³/mol. The lowest BCUT2D eigenvalue weighted by molar-refractivity contribution is 0.0898. The fourth-order valence-electron chi connectivity index (χ4n) is 3.16. The second-order valence-electron chi connectivity index (χ2n) is 4.68. The summed E-state index contributed by atoms with van der Waals surface area (Å²) in [5.41, 5.74) is 1.72. The van der Waals surface area contributed by atoms with Gasteiger partial charge in [0.25, 0.3) is 0 Å². The number of hydrogen-bond acceptors (Lipinski definition) is 1. The third-order valence-corrected chi connectivity index (χ3v) is 4.51. The molecule has 84 valence electrons. The first kappa shape index (κ1) is 10.6. The number of halogens is 2. The number of ketones is 1. The lowest BCUT2D eigenvalue weighted by Crippen LogP contribution is -2.17. The molecule has 3 rings (SSSR count). The Morgan fingerprint density at radius 1 is 1.00 bits per heavy atom. The van der Waals surface area contributed by atoms with E-state index < -0.39 is 0 Å². The second kappa shape index (κ2) is 3.75. The van der Waals surface area contributed by atoms with Gasteiger partial charge in [-0.3, -0.25) is 4.79 Å². The highest BCUT2D eigenvalue weighted by Gasteiger charge is 2.43. The minimum Gasteiger partial charge on any atom is -0.294 e. The zero-order chi connectivity index (χ0) is 11.3. The van der Waals surface area contributed by atoms with Crippen LogP contribution in [-0.4, -0.2) is 5.78 Å². The van der Waals surface area contributed by atoms with Crippen molar-refractivity contribution in [2.75, 3.05) is 0 Å². The number of rotatable bonds is 0. The van der Waals surface area contributed by atoms with Gasteiger partial charge in [-0.05, 0) is 36.5 Å². The molecule has 1 aromatic rings. The number of Topliss-reactive ketones (excluding diaryl/α,β-unsaturated/α-hetero) is 1. The monoisotopic (exact) mass is 254 g/mol. The van der Waals surface area contributed by atoms with Crippen LogP contribution < -0.4 is 0 Å². The molecule has 3 heteroatoms. The Morgan fingerprint density at radius 3 is 2.38 bits per heavy atom. The largest absolute Gasteiger partial charge is 0.294 e. The van der Waals surface area contributed by atoms with Crippen molar-refractivity contribution in [2.24, 2.45) is 5.92 Å². The van der Waals surface area contributed by atoms with Crippen molar-refractivity contribution >= 4 is 29.0 Å². The zero-order valence-electron chi connectivity index (χ0n) is 8.80. The van der Waals surface area contributed by atoms with Crippen LogP contribution >= 0.6 is 23.2 Å². The van der Waals surface area contributed by atoms with Gasteiger partial charge >= 0.3 is 0 Å². The first-order valence-electron chi connectivity index (χ1n) is 5.72. The van der Waals surface area contributed by atoms with Crippen LogP contribution in [0.25, 0.3) is 0 Å². The van der Waals surface area contributed by atoms with E-state index in [1.165, 1.54) is 6.42 Å². The topological polar surface area (TPSA) is 17.1 Å². The molecule has 0 bridgehead atoms. The van der Waals surface area contributed by atoms with E-state index >= 15 is 0 Å². The zero-order valence-corrected chi connectivity index (χ0v) is 10.3. The molecule has 2 aliphatic carbocycles. The van der Waals surface area contributed by atoms with Gasteiger partial charge in [-0.1, -0.05) is 36.0 Å². The van der Waals surface area contributed by atoms with E-state index in [-0.39, 0.29) is 11.7 Å². The summed E-state index contributed by atoms with van der Waals surface area (Å²) in [5, 5.41) is 1.28. The predicted octanol–water partition coefficient (Wildman–Crippen LogP) is 4.46. The molecule has 0 unspecified atom stereocenters. The molecule has 1 nitrogen and oxygen atoms in total. The van der Waals surface area contributed by atoms with E-state index in [4.69, 9.17) is 23.2 Å². The molecule has 0 aromatic heterocycles. The quantitative estimate of drug-likeness (QED) is 0.668. The van der Waals surface area contributed by atoms with Crippen molar-refractivity contribution in [3.63, 3.8) is 0 Å². The van der Waals surface area contributed by atoms with E-state index in [2.05, 4.69) is 0 Å². The first-order valence-corrected chi connectivity index (χ1v) is 6.48. The third kappa shape index (κ3) is 1.34. The summed E-state index contributed by atoms with van der Waals surface area (Å²) >= 11 is 12.3. The second-order valence-corrected chi connectivity index (χ2v) is 5.49. The molecule has 0 heterocycles. The Bertz CT molecular complexity index is 467. The van der Waals surface area contributed by atoms with E-state index in [1.54, 1.807) is 6.07 Å². The number of hydrogen-bond donors (Lipinski definition) is 0. The van der Waals surface area contributed by atoms with Gasteiger partial charge < -0.3 is 0 Å². The summed E-state index contributed by atoms with van der Waals surface area (Å²) in [6, 6.07) is 3.55. The molecule has 2 aliphatic rings. The first-order chi connectivity index (χ1) is 7.70. The smallest absolute Gasteiger partial charge is 0.168 e. The lowest BCUT2D eigenvalue weighted by atomic mass is 9.79. The summed E-state index contributed by atoms with van der Waals surface area (Å²) < 4.78 is 0. The fourth-order valence-corrected chi connectivity index (χ4v) is 3.71. The van der Waals surface area contributed by atoms with Gasteiger partial charge in [0.05, 0.1) is 5.02 Å².